The van der Waals surface area contributed by atoms with Gasteiger partial charge in [-0.15, -0.1) is 0 Å². The van der Waals surface area contributed by atoms with Crippen molar-refractivity contribution in [2.45, 2.75) is 49.5 Å². The third-order valence-electron chi connectivity index (χ3n) is 7.24. The summed E-state index contributed by atoms with van der Waals surface area (Å²) in [5, 5.41) is 15.1. The van der Waals surface area contributed by atoms with E-state index in [2.05, 4.69) is 21.9 Å². The Kier molecular flexibility index (Phi) is 4.98. The number of hydrogen-bond acceptors (Lipinski definition) is 6. The van der Waals surface area contributed by atoms with Crippen molar-refractivity contribution in [2.24, 2.45) is 17.4 Å². The highest BCUT2D eigenvalue weighted by atomic mass is 16.3. The summed E-state index contributed by atoms with van der Waals surface area (Å²) in [4.78, 5) is 43.1. The second-order valence-electron chi connectivity index (χ2n) is 9.40. The largest absolute Gasteiger partial charge is 0.369 e. The minimum Gasteiger partial charge on any atom is -0.369 e. The SMILES string of the molecule is CN1CC[C@@](O)(C#Cc2ccnc(-n3nc(C(N)=O)c4c3CCC[C@@]4(C(N)=O)C3CC3)c2)C1=O. The van der Waals surface area contributed by atoms with Gasteiger partial charge in [-0.2, -0.15) is 5.10 Å². The Labute approximate surface area is 196 Å². The second kappa shape index (κ2) is 7.67. The van der Waals surface area contributed by atoms with Crippen molar-refractivity contribution in [1.82, 2.24) is 19.7 Å². The summed E-state index contributed by atoms with van der Waals surface area (Å²) in [6.45, 7) is 0.434. The fourth-order valence-electron chi connectivity index (χ4n) is 5.36. The monoisotopic (exact) mass is 462 g/mol. The molecule has 10 heteroatoms. The topological polar surface area (TPSA) is 157 Å². The molecule has 2 aromatic rings. The molecule has 1 aliphatic heterocycles. The molecule has 176 valence electrons. The van der Waals surface area contributed by atoms with Crippen molar-refractivity contribution >= 4 is 17.7 Å². The lowest BCUT2D eigenvalue weighted by molar-refractivity contribution is -0.137. The van der Waals surface area contributed by atoms with Crippen LogP contribution in [0.1, 0.15) is 59.4 Å². The number of amides is 3. The molecule has 3 aliphatic rings. The molecule has 2 fully saturated rings. The number of aliphatic hydroxyl groups is 1. The number of rotatable bonds is 4. The van der Waals surface area contributed by atoms with Gasteiger partial charge in [0.05, 0.1) is 11.1 Å². The molecule has 1 saturated carbocycles. The second-order valence-corrected chi connectivity index (χ2v) is 9.40. The number of nitrogens with two attached hydrogens (primary N) is 2. The highest BCUT2D eigenvalue weighted by molar-refractivity contribution is 5.98. The molecule has 3 heterocycles. The van der Waals surface area contributed by atoms with Crippen LogP contribution in [0.4, 0.5) is 0 Å². The number of aromatic nitrogens is 3. The molecule has 2 aliphatic carbocycles. The number of carbonyl (C=O) groups is 3. The molecule has 0 bridgehead atoms. The molecule has 3 amide bonds. The van der Waals surface area contributed by atoms with E-state index in [9.17, 15) is 19.5 Å². The van der Waals surface area contributed by atoms with E-state index in [-0.39, 0.29) is 18.0 Å². The first-order chi connectivity index (χ1) is 16.2. The predicted octanol–water partition coefficient (Wildman–Crippen LogP) is -0.220. The zero-order valence-electron chi connectivity index (χ0n) is 18.9. The Morgan fingerprint density at radius 2 is 2.03 bits per heavy atom. The van der Waals surface area contributed by atoms with E-state index in [1.54, 1.807) is 23.9 Å². The van der Waals surface area contributed by atoms with Gasteiger partial charge >= 0.3 is 0 Å². The van der Waals surface area contributed by atoms with Crippen LogP contribution in [-0.2, 0) is 21.4 Å². The Balaban J connectivity index is 1.60. The minimum atomic E-state index is -1.71. The van der Waals surface area contributed by atoms with Crippen LogP contribution in [0.25, 0.3) is 5.82 Å². The summed E-state index contributed by atoms with van der Waals surface area (Å²) in [5.41, 5.74) is 10.7. The quantitative estimate of drug-likeness (QED) is 0.533. The van der Waals surface area contributed by atoms with Crippen molar-refractivity contribution < 1.29 is 19.5 Å². The number of likely N-dealkylation sites (N-methyl/N-ethyl adjacent to an activating group) is 1. The van der Waals surface area contributed by atoms with Crippen molar-refractivity contribution in [3.63, 3.8) is 0 Å². The van der Waals surface area contributed by atoms with Gasteiger partial charge in [0.15, 0.2) is 11.5 Å². The van der Waals surface area contributed by atoms with Crippen LogP contribution in [0.2, 0.25) is 0 Å². The molecular formula is C24H26N6O4. The Morgan fingerprint density at radius 3 is 2.65 bits per heavy atom. The molecule has 2 aromatic heterocycles. The van der Waals surface area contributed by atoms with Gasteiger partial charge in [0.2, 0.25) is 11.5 Å². The number of likely N-dealkylation sites (tertiary alicyclic amines) is 1. The fraction of sp³-hybridized carbons (Fsp3) is 0.458. The zero-order valence-corrected chi connectivity index (χ0v) is 18.9. The molecule has 0 spiro atoms. The summed E-state index contributed by atoms with van der Waals surface area (Å²) in [6, 6.07) is 3.32. The van der Waals surface area contributed by atoms with Crippen molar-refractivity contribution in [1.29, 1.82) is 0 Å². The third kappa shape index (κ3) is 3.27. The maximum absolute atomic E-state index is 12.7. The standard InChI is InChI=1S/C24H26N6O4/c1-29-12-10-23(34,22(29)33)9-6-14-7-11-27-17(13-14)30-16-3-2-8-24(21(26)32,15-4-5-15)18(16)19(28-30)20(25)31/h7,11,13,15,34H,2-5,8,10,12H2,1H3,(H2,25,31)(H2,26,32)/t23-,24+/m0/s1. The van der Waals surface area contributed by atoms with Crippen LogP contribution in [-0.4, -0.2) is 61.7 Å². The average Bonchev–Trinajstić information content (AvgIpc) is 3.55. The lowest BCUT2D eigenvalue weighted by Gasteiger charge is -2.35. The Hall–Kier alpha value is -3.71. The van der Waals surface area contributed by atoms with E-state index in [4.69, 9.17) is 11.5 Å². The van der Waals surface area contributed by atoms with Gasteiger partial charge in [0.25, 0.3) is 11.8 Å². The van der Waals surface area contributed by atoms with E-state index in [0.717, 1.165) is 19.3 Å². The first kappa shape index (κ1) is 22.1. The normalized spacial score (nSPS) is 26.1. The molecular weight excluding hydrogens is 436 g/mol. The van der Waals surface area contributed by atoms with Crippen LogP contribution in [0.5, 0.6) is 0 Å². The van der Waals surface area contributed by atoms with Crippen molar-refractivity contribution in [2.75, 3.05) is 13.6 Å². The maximum atomic E-state index is 12.7. The predicted molar refractivity (Wildman–Crippen MR) is 120 cm³/mol. The average molecular weight is 463 g/mol. The van der Waals surface area contributed by atoms with Gasteiger partial charge in [-0.1, -0.05) is 11.8 Å². The third-order valence-corrected chi connectivity index (χ3v) is 7.24. The van der Waals surface area contributed by atoms with E-state index in [1.807, 2.05) is 0 Å². The van der Waals surface area contributed by atoms with Crippen LogP contribution in [0, 0.1) is 17.8 Å². The molecule has 0 unspecified atom stereocenters. The number of pyridine rings is 1. The summed E-state index contributed by atoms with van der Waals surface area (Å²) in [7, 11) is 1.62. The highest BCUT2D eigenvalue weighted by Gasteiger charge is 2.55. The van der Waals surface area contributed by atoms with Gasteiger partial charge < -0.3 is 21.5 Å². The molecule has 10 nitrogen and oxygen atoms in total. The van der Waals surface area contributed by atoms with E-state index in [1.165, 1.54) is 11.1 Å². The number of primary amides is 2. The van der Waals surface area contributed by atoms with E-state index in [0.29, 0.717) is 42.0 Å². The van der Waals surface area contributed by atoms with Gasteiger partial charge in [0.1, 0.15) is 0 Å². The number of nitrogens with zero attached hydrogens (tertiary/aromatic N) is 4. The maximum Gasteiger partial charge on any atom is 0.269 e. The fourth-order valence-corrected chi connectivity index (χ4v) is 5.36. The summed E-state index contributed by atoms with van der Waals surface area (Å²) >= 11 is 0. The smallest absolute Gasteiger partial charge is 0.269 e. The molecule has 5 N–H and O–H groups in total. The summed E-state index contributed by atoms with van der Waals surface area (Å²) < 4.78 is 1.54. The summed E-state index contributed by atoms with van der Waals surface area (Å²) in [6.07, 6.45) is 5.38. The molecule has 1 saturated heterocycles. The molecule has 0 aromatic carbocycles. The lowest BCUT2D eigenvalue weighted by Crippen LogP contribution is -2.46. The number of hydrogen-bond donors (Lipinski definition) is 3. The molecule has 2 atom stereocenters. The van der Waals surface area contributed by atoms with Gasteiger partial charge in [0, 0.05) is 37.3 Å². The first-order valence-corrected chi connectivity index (χ1v) is 11.4. The first-order valence-electron chi connectivity index (χ1n) is 11.4. The zero-order chi connectivity index (χ0) is 24.3. The van der Waals surface area contributed by atoms with Gasteiger partial charge in [-0.3, -0.25) is 14.4 Å². The number of carbonyl (C=O) groups excluding carboxylic acids is 3. The molecule has 0 radical (unpaired) electrons. The van der Waals surface area contributed by atoms with Crippen molar-refractivity contribution in [3.8, 4) is 17.7 Å². The van der Waals surface area contributed by atoms with E-state index < -0.39 is 28.7 Å². The van der Waals surface area contributed by atoms with Gasteiger partial charge in [-0.25, -0.2) is 9.67 Å². The molecule has 34 heavy (non-hydrogen) atoms. The summed E-state index contributed by atoms with van der Waals surface area (Å²) in [5.74, 6) is 4.43. The lowest BCUT2D eigenvalue weighted by atomic mass is 9.67. The number of fused-ring (bicyclic) bond motifs is 1. The van der Waals surface area contributed by atoms with Crippen molar-refractivity contribution in [3.05, 3.63) is 40.8 Å². The van der Waals surface area contributed by atoms with Crippen LogP contribution in [0.15, 0.2) is 18.3 Å². The Bertz CT molecular complexity index is 1290. The molecule has 5 rings (SSSR count). The van der Waals surface area contributed by atoms with Crippen LogP contribution >= 0.6 is 0 Å². The van der Waals surface area contributed by atoms with Crippen LogP contribution in [0.3, 0.4) is 0 Å². The minimum absolute atomic E-state index is 0.0487. The van der Waals surface area contributed by atoms with Crippen LogP contribution < -0.4 is 11.5 Å². The highest BCUT2D eigenvalue weighted by Crippen LogP contribution is 2.54. The Morgan fingerprint density at radius 1 is 1.26 bits per heavy atom. The van der Waals surface area contributed by atoms with E-state index >= 15 is 0 Å². The van der Waals surface area contributed by atoms with Gasteiger partial charge in [-0.05, 0) is 50.2 Å².